The van der Waals surface area contributed by atoms with Crippen LogP contribution in [-0.2, 0) is 19.1 Å². The third kappa shape index (κ3) is 2.19. The van der Waals surface area contributed by atoms with Gasteiger partial charge in [-0.25, -0.2) is 9.59 Å². The largest absolute Gasteiger partial charge is 0.458 e. The molecule has 0 saturated heterocycles. The molecule has 1 fully saturated rings. The lowest BCUT2D eigenvalue weighted by atomic mass is 9.51. The molecule has 0 N–H and O–H groups in total. The molecule has 0 aliphatic heterocycles. The van der Waals surface area contributed by atoms with Crippen molar-refractivity contribution in [3.05, 3.63) is 25.3 Å². The quantitative estimate of drug-likeness (QED) is 0.569. The fourth-order valence-electron chi connectivity index (χ4n) is 3.03. The highest BCUT2D eigenvalue weighted by Gasteiger charge is 2.66. The molecule has 0 amide bonds. The summed E-state index contributed by atoms with van der Waals surface area (Å²) < 4.78 is 10.7. The van der Waals surface area contributed by atoms with E-state index in [2.05, 4.69) is 13.2 Å². The van der Waals surface area contributed by atoms with Crippen LogP contribution < -0.4 is 0 Å². The van der Waals surface area contributed by atoms with Crippen LogP contribution in [0.5, 0.6) is 0 Å². The van der Waals surface area contributed by atoms with E-state index in [4.69, 9.17) is 9.47 Å². The van der Waals surface area contributed by atoms with Crippen molar-refractivity contribution >= 4 is 11.9 Å². The molecule has 18 heavy (non-hydrogen) atoms. The summed E-state index contributed by atoms with van der Waals surface area (Å²) in [5, 5.41) is 0. The average Bonchev–Trinajstić information content (AvgIpc) is 2.31. The maximum atomic E-state index is 11.3. The lowest BCUT2D eigenvalue weighted by Crippen LogP contribution is -2.69. The summed E-state index contributed by atoms with van der Waals surface area (Å²) in [6.45, 7) is 14.4. The summed E-state index contributed by atoms with van der Waals surface area (Å²) in [4.78, 5) is 22.6. The maximum absolute atomic E-state index is 11.3. The van der Waals surface area contributed by atoms with Gasteiger partial charge in [-0.2, -0.15) is 0 Å². The van der Waals surface area contributed by atoms with Crippen LogP contribution in [0.3, 0.4) is 0 Å². The second-order valence-corrected chi connectivity index (χ2v) is 5.68. The van der Waals surface area contributed by atoms with Crippen molar-refractivity contribution in [3.63, 3.8) is 0 Å². The summed E-state index contributed by atoms with van der Waals surface area (Å²) >= 11 is 0. The van der Waals surface area contributed by atoms with Crippen LogP contribution in [0.15, 0.2) is 25.3 Å². The zero-order valence-electron chi connectivity index (χ0n) is 11.4. The monoisotopic (exact) mass is 252 g/mol. The fourth-order valence-corrected chi connectivity index (χ4v) is 3.03. The Labute approximate surface area is 108 Å². The normalized spacial score (nSPS) is 27.6. The Kier molecular flexibility index (Phi) is 3.70. The van der Waals surface area contributed by atoms with Gasteiger partial charge in [0, 0.05) is 23.0 Å². The van der Waals surface area contributed by atoms with Crippen molar-refractivity contribution in [1.82, 2.24) is 0 Å². The molecule has 1 rings (SSSR count). The second kappa shape index (κ2) is 4.59. The molecule has 0 heterocycles. The first-order valence-electron chi connectivity index (χ1n) is 5.84. The summed E-state index contributed by atoms with van der Waals surface area (Å²) in [7, 11) is 0. The number of hydrogen-bond donors (Lipinski definition) is 0. The Bertz CT molecular complexity index is 343. The molecule has 0 bridgehead atoms. The standard InChI is InChI=1S/C14H20O4/c1-7-9(15)17-11-13(3,4)12(14(11,5)6)18-10(16)8-2/h7-8,11-12H,1-2H2,3-6H3. The van der Waals surface area contributed by atoms with Crippen molar-refractivity contribution in [2.45, 2.75) is 39.9 Å². The number of esters is 2. The number of carbonyl (C=O) groups excluding carboxylic acids is 2. The van der Waals surface area contributed by atoms with E-state index in [0.29, 0.717) is 0 Å². The molecule has 0 spiro atoms. The first-order valence-corrected chi connectivity index (χ1v) is 5.84. The third-order valence-corrected chi connectivity index (χ3v) is 3.50. The summed E-state index contributed by atoms with van der Waals surface area (Å²) in [6.07, 6.45) is 1.63. The number of carbonyl (C=O) groups is 2. The van der Waals surface area contributed by atoms with E-state index in [9.17, 15) is 9.59 Å². The molecule has 0 aromatic heterocycles. The number of ether oxygens (including phenoxy) is 2. The molecule has 0 aromatic carbocycles. The highest BCUT2D eigenvalue weighted by molar-refractivity contribution is 5.82. The van der Waals surface area contributed by atoms with Crippen molar-refractivity contribution in [2.24, 2.45) is 10.8 Å². The first kappa shape index (κ1) is 14.5. The van der Waals surface area contributed by atoms with Crippen LogP contribution in [0.4, 0.5) is 0 Å². The van der Waals surface area contributed by atoms with Gasteiger partial charge in [-0.05, 0) is 0 Å². The van der Waals surface area contributed by atoms with Gasteiger partial charge in [0.1, 0.15) is 12.2 Å². The maximum Gasteiger partial charge on any atom is 0.330 e. The van der Waals surface area contributed by atoms with Crippen LogP contribution >= 0.6 is 0 Å². The fraction of sp³-hybridized carbons (Fsp3) is 0.571. The van der Waals surface area contributed by atoms with Gasteiger partial charge in [0.2, 0.25) is 0 Å². The predicted octanol–water partition coefficient (Wildman–Crippen LogP) is 2.25. The Morgan fingerprint density at radius 1 is 0.889 bits per heavy atom. The summed E-state index contributed by atoms with van der Waals surface area (Å²) in [5.41, 5.74) is -0.859. The van der Waals surface area contributed by atoms with Crippen molar-refractivity contribution in [3.8, 4) is 0 Å². The zero-order chi connectivity index (χ0) is 14.1. The topological polar surface area (TPSA) is 52.6 Å². The van der Waals surface area contributed by atoms with Gasteiger partial charge in [0.25, 0.3) is 0 Å². The number of rotatable bonds is 4. The molecule has 0 unspecified atom stereocenters. The molecule has 100 valence electrons. The minimum atomic E-state index is -0.463. The Morgan fingerprint density at radius 3 is 1.39 bits per heavy atom. The first-order chi connectivity index (χ1) is 8.17. The van der Waals surface area contributed by atoms with Gasteiger partial charge in [0.15, 0.2) is 0 Å². The van der Waals surface area contributed by atoms with Crippen LogP contribution in [-0.4, -0.2) is 24.1 Å². The minimum absolute atomic E-state index is 0.321. The molecule has 1 aliphatic rings. The van der Waals surface area contributed by atoms with E-state index >= 15 is 0 Å². The predicted molar refractivity (Wildman–Crippen MR) is 67.7 cm³/mol. The molecule has 0 atom stereocenters. The van der Waals surface area contributed by atoms with Crippen molar-refractivity contribution < 1.29 is 19.1 Å². The van der Waals surface area contributed by atoms with Crippen molar-refractivity contribution in [1.29, 1.82) is 0 Å². The van der Waals surface area contributed by atoms with Crippen LogP contribution in [0.25, 0.3) is 0 Å². The average molecular weight is 252 g/mol. The molecule has 4 nitrogen and oxygen atoms in total. The van der Waals surface area contributed by atoms with E-state index < -0.39 is 22.8 Å². The Morgan fingerprint density at radius 2 is 1.17 bits per heavy atom. The van der Waals surface area contributed by atoms with E-state index in [1.807, 2.05) is 27.7 Å². The SMILES string of the molecule is C=CC(=O)OC1C(C)(C)C(OC(=O)C=C)C1(C)C. The molecule has 1 saturated carbocycles. The van der Waals surface area contributed by atoms with Gasteiger partial charge in [-0.1, -0.05) is 40.9 Å². The van der Waals surface area contributed by atoms with Crippen molar-refractivity contribution in [2.75, 3.05) is 0 Å². The van der Waals surface area contributed by atoms with Gasteiger partial charge in [-0.15, -0.1) is 0 Å². The molecule has 1 aliphatic carbocycles. The Hall–Kier alpha value is -1.58. The Balaban J connectivity index is 2.86. The molecule has 0 aromatic rings. The van der Waals surface area contributed by atoms with E-state index in [-0.39, 0.29) is 12.2 Å². The van der Waals surface area contributed by atoms with Gasteiger partial charge in [-0.3, -0.25) is 0 Å². The van der Waals surface area contributed by atoms with E-state index in [0.717, 1.165) is 12.2 Å². The third-order valence-electron chi connectivity index (χ3n) is 3.50. The highest BCUT2D eigenvalue weighted by Crippen LogP contribution is 2.57. The molecule has 0 radical (unpaired) electrons. The lowest BCUT2D eigenvalue weighted by Gasteiger charge is -2.61. The molecular formula is C14H20O4. The van der Waals surface area contributed by atoms with Gasteiger partial charge >= 0.3 is 11.9 Å². The highest BCUT2D eigenvalue weighted by atomic mass is 16.6. The van der Waals surface area contributed by atoms with E-state index in [1.54, 1.807) is 0 Å². The smallest absolute Gasteiger partial charge is 0.330 e. The second-order valence-electron chi connectivity index (χ2n) is 5.68. The number of hydrogen-bond acceptors (Lipinski definition) is 4. The van der Waals surface area contributed by atoms with Crippen LogP contribution in [0, 0.1) is 10.8 Å². The molecular weight excluding hydrogens is 232 g/mol. The van der Waals surface area contributed by atoms with E-state index in [1.165, 1.54) is 0 Å². The van der Waals surface area contributed by atoms with Crippen LogP contribution in [0.2, 0.25) is 0 Å². The van der Waals surface area contributed by atoms with Gasteiger partial charge in [0.05, 0.1) is 0 Å². The summed E-state index contributed by atoms with van der Waals surface area (Å²) in [6, 6.07) is 0. The minimum Gasteiger partial charge on any atom is -0.458 e. The van der Waals surface area contributed by atoms with Crippen LogP contribution in [0.1, 0.15) is 27.7 Å². The lowest BCUT2D eigenvalue weighted by molar-refractivity contribution is -0.264. The molecule has 4 heteroatoms. The summed E-state index contributed by atoms with van der Waals surface area (Å²) in [5.74, 6) is -0.927. The zero-order valence-corrected chi connectivity index (χ0v) is 11.4. The van der Waals surface area contributed by atoms with Gasteiger partial charge < -0.3 is 9.47 Å².